The molecule has 1 saturated heterocycles. The molecule has 6 nitrogen and oxygen atoms in total. The highest BCUT2D eigenvalue weighted by Crippen LogP contribution is 2.20. The van der Waals surface area contributed by atoms with Gasteiger partial charge in [-0.1, -0.05) is 36.4 Å². The predicted octanol–water partition coefficient (Wildman–Crippen LogP) is 2.81. The molecular formula is C24H28N2O4S. The number of carbonyl (C=O) groups excluding carboxylic acids is 2. The first-order valence-corrected chi connectivity index (χ1v) is 12.7. The fourth-order valence-corrected chi connectivity index (χ4v) is 5.72. The summed E-state index contributed by atoms with van der Waals surface area (Å²) in [7, 11) is -3.64. The zero-order chi connectivity index (χ0) is 21.8. The first kappa shape index (κ1) is 21.6. The Morgan fingerprint density at radius 1 is 0.839 bits per heavy atom. The van der Waals surface area contributed by atoms with E-state index in [4.69, 9.17) is 0 Å². The number of amides is 2. The highest BCUT2D eigenvalue weighted by Gasteiger charge is 2.26. The summed E-state index contributed by atoms with van der Waals surface area (Å²) in [5, 5.41) is 0. The second kappa shape index (κ2) is 9.22. The molecule has 0 bridgehead atoms. The molecule has 2 amide bonds. The minimum absolute atomic E-state index is 0.0537. The average Bonchev–Trinajstić information content (AvgIpc) is 2.78. The van der Waals surface area contributed by atoms with Crippen LogP contribution in [0.2, 0.25) is 0 Å². The van der Waals surface area contributed by atoms with Gasteiger partial charge in [-0.25, -0.2) is 8.42 Å². The van der Waals surface area contributed by atoms with E-state index in [0.29, 0.717) is 24.2 Å². The molecule has 2 aromatic rings. The van der Waals surface area contributed by atoms with Crippen LogP contribution in [0.4, 0.5) is 0 Å². The maximum absolute atomic E-state index is 12.7. The number of nitrogens with zero attached hydrogens (tertiary/aromatic N) is 2. The molecule has 0 atom stereocenters. The van der Waals surface area contributed by atoms with E-state index in [9.17, 15) is 18.0 Å². The summed E-state index contributed by atoms with van der Waals surface area (Å²) in [6.07, 6.45) is 3.88. The van der Waals surface area contributed by atoms with Crippen LogP contribution in [0.25, 0.3) is 0 Å². The molecule has 4 rings (SSSR count). The van der Waals surface area contributed by atoms with Crippen molar-refractivity contribution in [2.75, 3.05) is 25.4 Å². The van der Waals surface area contributed by atoms with E-state index in [-0.39, 0.29) is 17.6 Å². The van der Waals surface area contributed by atoms with Crippen LogP contribution in [0, 0.1) is 0 Å². The summed E-state index contributed by atoms with van der Waals surface area (Å²) in [5.41, 5.74) is 3.33. The van der Waals surface area contributed by atoms with Gasteiger partial charge in [0.25, 0.3) is 5.91 Å². The standard InChI is InChI=1S/C24H28N2O4S/c27-23(26-14-11-20-8-2-3-9-22(20)16-26)18-31(29,30)17-19-7-6-10-21(15-19)24(28)25-12-4-1-5-13-25/h2-3,6-10,15H,1,4-5,11-14,16-18H2. The zero-order valence-corrected chi connectivity index (χ0v) is 18.4. The molecule has 164 valence electrons. The van der Waals surface area contributed by atoms with Crippen molar-refractivity contribution in [2.24, 2.45) is 0 Å². The third-order valence-corrected chi connectivity index (χ3v) is 7.49. The van der Waals surface area contributed by atoms with Gasteiger partial charge in [0.1, 0.15) is 5.75 Å². The number of likely N-dealkylation sites (tertiary alicyclic amines) is 1. The normalized spacial score (nSPS) is 16.6. The first-order valence-electron chi connectivity index (χ1n) is 10.8. The van der Waals surface area contributed by atoms with Gasteiger partial charge in [-0.05, 0) is 54.5 Å². The Kier molecular flexibility index (Phi) is 6.41. The summed E-state index contributed by atoms with van der Waals surface area (Å²) in [6, 6.07) is 14.7. The number of fused-ring (bicyclic) bond motifs is 1. The Morgan fingerprint density at radius 2 is 1.58 bits per heavy atom. The molecule has 7 heteroatoms. The Morgan fingerprint density at radius 3 is 2.35 bits per heavy atom. The van der Waals surface area contributed by atoms with Crippen LogP contribution < -0.4 is 0 Å². The van der Waals surface area contributed by atoms with Crippen LogP contribution in [0.5, 0.6) is 0 Å². The number of carbonyl (C=O) groups is 2. The molecule has 0 unspecified atom stereocenters. The molecule has 2 aliphatic heterocycles. The molecule has 0 aromatic heterocycles. The molecular weight excluding hydrogens is 412 g/mol. The minimum Gasteiger partial charge on any atom is -0.339 e. The summed E-state index contributed by atoms with van der Waals surface area (Å²) < 4.78 is 25.5. The van der Waals surface area contributed by atoms with Gasteiger partial charge in [0.05, 0.1) is 5.75 Å². The maximum atomic E-state index is 12.7. The predicted molar refractivity (Wildman–Crippen MR) is 119 cm³/mol. The number of sulfone groups is 1. The monoisotopic (exact) mass is 440 g/mol. The maximum Gasteiger partial charge on any atom is 0.253 e. The van der Waals surface area contributed by atoms with E-state index < -0.39 is 15.6 Å². The van der Waals surface area contributed by atoms with Crippen molar-refractivity contribution in [3.05, 3.63) is 70.8 Å². The second-order valence-electron chi connectivity index (χ2n) is 8.42. The summed E-state index contributed by atoms with van der Waals surface area (Å²) in [5.74, 6) is -1.18. The van der Waals surface area contributed by atoms with Crippen LogP contribution in [-0.4, -0.2) is 55.4 Å². The van der Waals surface area contributed by atoms with Crippen molar-refractivity contribution in [1.82, 2.24) is 9.80 Å². The molecule has 0 N–H and O–H groups in total. The van der Waals surface area contributed by atoms with Crippen molar-refractivity contribution in [3.8, 4) is 0 Å². The molecule has 2 aromatic carbocycles. The second-order valence-corrected chi connectivity index (χ2v) is 10.5. The number of hydrogen-bond donors (Lipinski definition) is 0. The van der Waals surface area contributed by atoms with Crippen molar-refractivity contribution in [1.29, 1.82) is 0 Å². The minimum atomic E-state index is -3.64. The van der Waals surface area contributed by atoms with Gasteiger partial charge in [0.15, 0.2) is 9.84 Å². The van der Waals surface area contributed by atoms with E-state index in [1.54, 1.807) is 29.2 Å². The van der Waals surface area contributed by atoms with Gasteiger partial charge in [0.2, 0.25) is 5.91 Å². The first-order chi connectivity index (χ1) is 14.9. The van der Waals surface area contributed by atoms with E-state index in [1.807, 2.05) is 29.2 Å². The topological polar surface area (TPSA) is 74.8 Å². The van der Waals surface area contributed by atoms with Crippen LogP contribution in [0.1, 0.15) is 46.3 Å². The zero-order valence-electron chi connectivity index (χ0n) is 17.6. The lowest BCUT2D eigenvalue weighted by molar-refractivity contribution is -0.129. The van der Waals surface area contributed by atoms with Crippen molar-refractivity contribution in [3.63, 3.8) is 0 Å². The molecule has 0 saturated carbocycles. The van der Waals surface area contributed by atoms with Crippen LogP contribution >= 0.6 is 0 Å². The van der Waals surface area contributed by atoms with E-state index in [1.165, 1.54) is 5.56 Å². The average molecular weight is 441 g/mol. The van der Waals surface area contributed by atoms with Crippen LogP contribution in [-0.2, 0) is 33.4 Å². The molecule has 2 heterocycles. The van der Waals surface area contributed by atoms with Crippen molar-refractivity contribution in [2.45, 2.75) is 38.0 Å². The van der Waals surface area contributed by atoms with Gasteiger partial charge in [0, 0.05) is 31.7 Å². The van der Waals surface area contributed by atoms with E-state index >= 15 is 0 Å². The molecule has 0 spiro atoms. The lowest BCUT2D eigenvalue weighted by Crippen LogP contribution is -2.39. The van der Waals surface area contributed by atoms with Crippen LogP contribution in [0.15, 0.2) is 48.5 Å². The lowest BCUT2D eigenvalue weighted by Gasteiger charge is -2.28. The van der Waals surface area contributed by atoms with Gasteiger partial charge in [-0.15, -0.1) is 0 Å². The van der Waals surface area contributed by atoms with Crippen molar-refractivity contribution < 1.29 is 18.0 Å². The lowest BCUT2D eigenvalue weighted by atomic mass is 10.00. The Bertz CT molecular complexity index is 1070. The van der Waals surface area contributed by atoms with Gasteiger partial charge in [-0.2, -0.15) is 0 Å². The van der Waals surface area contributed by atoms with E-state index in [0.717, 1.165) is 44.3 Å². The van der Waals surface area contributed by atoms with Crippen LogP contribution in [0.3, 0.4) is 0 Å². The summed E-state index contributed by atoms with van der Waals surface area (Å²) >= 11 is 0. The van der Waals surface area contributed by atoms with E-state index in [2.05, 4.69) is 0 Å². The fraction of sp³-hybridized carbons (Fsp3) is 0.417. The third kappa shape index (κ3) is 5.34. The largest absolute Gasteiger partial charge is 0.339 e. The highest BCUT2D eigenvalue weighted by molar-refractivity contribution is 7.91. The SMILES string of the molecule is O=C(CS(=O)(=O)Cc1cccc(C(=O)N2CCCCC2)c1)N1CCc2ccccc2C1. The summed E-state index contributed by atoms with van der Waals surface area (Å²) in [4.78, 5) is 28.8. The summed E-state index contributed by atoms with van der Waals surface area (Å²) in [6.45, 7) is 2.47. The Hall–Kier alpha value is -2.67. The molecule has 31 heavy (non-hydrogen) atoms. The number of piperidine rings is 1. The third-order valence-electron chi connectivity index (χ3n) is 6.03. The smallest absolute Gasteiger partial charge is 0.253 e. The number of benzene rings is 2. The Balaban J connectivity index is 1.39. The quantitative estimate of drug-likeness (QED) is 0.717. The van der Waals surface area contributed by atoms with Gasteiger partial charge < -0.3 is 9.80 Å². The number of hydrogen-bond acceptors (Lipinski definition) is 4. The molecule has 2 aliphatic rings. The van der Waals surface area contributed by atoms with Crippen molar-refractivity contribution >= 4 is 21.7 Å². The number of rotatable bonds is 5. The van der Waals surface area contributed by atoms with Gasteiger partial charge in [-0.3, -0.25) is 9.59 Å². The fourth-order valence-electron chi connectivity index (χ4n) is 4.37. The Labute approximate surface area is 183 Å². The molecule has 1 fully saturated rings. The molecule has 0 radical (unpaired) electrons. The highest BCUT2D eigenvalue weighted by atomic mass is 32.2. The van der Waals surface area contributed by atoms with Gasteiger partial charge >= 0.3 is 0 Å². The molecule has 0 aliphatic carbocycles.